The molecule has 0 aliphatic carbocycles. The number of amides is 2. The number of carbonyl (C=O) groups excluding carboxylic acids is 2. The van der Waals surface area contributed by atoms with Crippen molar-refractivity contribution >= 4 is 17.5 Å². The van der Waals surface area contributed by atoms with Gasteiger partial charge in [-0.15, -0.1) is 0 Å². The van der Waals surface area contributed by atoms with Crippen LogP contribution in [0.25, 0.3) is 0 Å². The van der Waals surface area contributed by atoms with Crippen LogP contribution < -0.4 is 16.0 Å². The van der Waals surface area contributed by atoms with E-state index in [9.17, 15) is 18.4 Å². The molecule has 2 amide bonds. The van der Waals surface area contributed by atoms with Crippen LogP contribution in [-0.4, -0.2) is 30.3 Å². The Bertz CT molecular complexity index is 827. The summed E-state index contributed by atoms with van der Waals surface area (Å²) >= 11 is 0. The molecule has 1 saturated heterocycles. The van der Waals surface area contributed by atoms with Gasteiger partial charge in [-0.2, -0.15) is 0 Å². The van der Waals surface area contributed by atoms with Gasteiger partial charge in [-0.05, 0) is 36.8 Å². The first kappa shape index (κ1) is 19.0. The van der Waals surface area contributed by atoms with Gasteiger partial charge in [0.2, 0.25) is 5.91 Å². The second-order valence-electron chi connectivity index (χ2n) is 6.67. The van der Waals surface area contributed by atoms with Crippen molar-refractivity contribution in [1.29, 1.82) is 0 Å². The highest BCUT2D eigenvalue weighted by Gasteiger charge is 2.42. The van der Waals surface area contributed by atoms with Gasteiger partial charge >= 0.3 is 0 Å². The molecule has 5 nitrogen and oxygen atoms in total. The van der Waals surface area contributed by atoms with Crippen LogP contribution in [0.4, 0.5) is 14.5 Å². The quantitative estimate of drug-likeness (QED) is 0.754. The van der Waals surface area contributed by atoms with Crippen molar-refractivity contribution in [3.8, 4) is 0 Å². The van der Waals surface area contributed by atoms with E-state index >= 15 is 0 Å². The van der Waals surface area contributed by atoms with Gasteiger partial charge in [0.15, 0.2) is 0 Å². The summed E-state index contributed by atoms with van der Waals surface area (Å²) in [6.07, 6.45) is -0.501. The Morgan fingerprint density at radius 3 is 2.56 bits per heavy atom. The summed E-state index contributed by atoms with van der Waals surface area (Å²) in [7, 11) is 0. The van der Waals surface area contributed by atoms with E-state index in [0.29, 0.717) is 11.3 Å². The van der Waals surface area contributed by atoms with Gasteiger partial charge in [0.25, 0.3) is 11.8 Å². The molecule has 2 aromatic carbocycles. The first-order chi connectivity index (χ1) is 12.8. The topological polar surface area (TPSA) is 70.2 Å². The number of nitrogens with one attached hydrogen (secondary N) is 3. The normalized spacial score (nSPS) is 19.3. The van der Waals surface area contributed by atoms with Crippen LogP contribution in [0.2, 0.25) is 0 Å². The fourth-order valence-electron chi connectivity index (χ4n) is 2.98. The summed E-state index contributed by atoms with van der Waals surface area (Å²) in [5.41, 5.74) is 1.89. The number of anilines is 1. The minimum atomic E-state index is -2.85. The van der Waals surface area contributed by atoms with E-state index in [-0.39, 0.29) is 11.9 Å². The predicted molar refractivity (Wildman–Crippen MR) is 98.7 cm³/mol. The molecule has 1 aliphatic heterocycles. The smallest absolute Gasteiger partial charge is 0.262 e. The molecule has 3 rings (SSSR count). The SMILES string of the molecule is CC(NC(=O)C1CC(F)(F)CN1)c1cccc(NC(=O)c2ccccc2)c1. The molecule has 1 fully saturated rings. The van der Waals surface area contributed by atoms with E-state index in [1.807, 2.05) is 6.07 Å². The van der Waals surface area contributed by atoms with E-state index < -0.39 is 30.8 Å². The fraction of sp³-hybridized carbons (Fsp3) is 0.300. The Morgan fingerprint density at radius 2 is 1.89 bits per heavy atom. The zero-order chi connectivity index (χ0) is 19.4. The molecule has 2 atom stereocenters. The number of carbonyl (C=O) groups is 2. The van der Waals surface area contributed by atoms with E-state index in [4.69, 9.17) is 0 Å². The van der Waals surface area contributed by atoms with Gasteiger partial charge in [0, 0.05) is 17.7 Å². The maximum absolute atomic E-state index is 13.2. The molecule has 0 saturated carbocycles. The highest BCUT2D eigenvalue weighted by Crippen LogP contribution is 2.26. The van der Waals surface area contributed by atoms with Crippen molar-refractivity contribution < 1.29 is 18.4 Å². The van der Waals surface area contributed by atoms with Crippen LogP contribution in [0.5, 0.6) is 0 Å². The summed E-state index contributed by atoms with van der Waals surface area (Å²) in [6.45, 7) is 1.28. The number of rotatable bonds is 5. The van der Waals surface area contributed by atoms with E-state index in [0.717, 1.165) is 5.56 Å². The molecule has 7 heteroatoms. The Kier molecular flexibility index (Phi) is 5.51. The van der Waals surface area contributed by atoms with Crippen molar-refractivity contribution in [3.05, 3.63) is 65.7 Å². The van der Waals surface area contributed by atoms with Gasteiger partial charge in [-0.3, -0.25) is 14.9 Å². The Morgan fingerprint density at radius 1 is 1.15 bits per heavy atom. The fourth-order valence-corrected chi connectivity index (χ4v) is 2.98. The zero-order valence-corrected chi connectivity index (χ0v) is 14.8. The third-order valence-corrected chi connectivity index (χ3v) is 4.47. The molecule has 1 aliphatic rings. The molecule has 0 bridgehead atoms. The van der Waals surface area contributed by atoms with Gasteiger partial charge in [-0.1, -0.05) is 30.3 Å². The number of benzene rings is 2. The summed E-state index contributed by atoms with van der Waals surface area (Å²) in [4.78, 5) is 24.4. The average Bonchev–Trinajstić information content (AvgIpc) is 3.02. The minimum Gasteiger partial charge on any atom is -0.348 e. The first-order valence-corrected chi connectivity index (χ1v) is 8.72. The molecule has 3 N–H and O–H groups in total. The number of alkyl halides is 2. The van der Waals surface area contributed by atoms with Crippen LogP contribution in [0.1, 0.15) is 35.3 Å². The Hall–Kier alpha value is -2.80. The largest absolute Gasteiger partial charge is 0.348 e. The van der Waals surface area contributed by atoms with Crippen LogP contribution in [0.3, 0.4) is 0 Å². The number of halogens is 2. The minimum absolute atomic E-state index is 0.234. The average molecular weight is 373 g/mol. The van der Waals surface area contributed by atoms with Gasteiger partial charge in [-0.25, -0.2) is 8.78 Å². The van der Waals surface area contributed by atoms with Crippen molar-refractivity contribution in [1.82, 2.24) is 10.6 Å². The zero-order valence-electron chi connectivity index (χ0n) is 14.8. The number of hydrogen-bond acceptors (Lipinski definition) is 3. The number of hydrogen-bond donors (Lipinski definition) is 3. The summed E-state index contributed by atoms with van der Waals surface area (Å²) in [5, 5.41) is 8.09. The second-order valence-corrected chi connectivity index (χ2v) is 6.67. The monoisotopic (exact) mass is 373 g/mol. The molecule has 0 spiro atoms. The standard InChI is InChI=1S/C20H21F2N3O2/c1-13(24-19(27)17-11-20(21,22)12-23-17)15-8-5-9-16(10-15)25-18(26)14-6-3-2-4-7-14/h2-10,13,17,23H,11-12H2,1H3,(H,24,27)(H,25,26). The molecular formula is C20H21F2N3O2. The highest BCUT2D eigenvalue weighted by molar-refractivity contribution is 6.04. The lowest BCUT2D eigenvalue weighted by Gasteiger charge is -2.18. The van der Waals surface area contributed by atoms with Crippen LogP contribution in [0.15, 0.2) is 54.6 Å². The lowest BCUT2D eigenvalue weighted by Crippen LogP contribution is -2.41. The summed E-state index contributed by atoms with van der Waals surface area (Å²) < 4.78 is 26.5. The summed E-state index contributed by atoms with van der Waals surface area (Å²) in [6, 6.07) is 14.6. The van der Waals surface area contributed by atoms with Crippen molar-refractivity contribution in [3.63, 3.8) is 0 Å². The highest BCUT2D eigenvalue weighted by atomic mass is 19.3. The first-order valence-electron chi connectivity index (χ1n) is 8.72. The van der Waals surface area contributed by atoms with Gasteiger partial charge in [0.05, 0.1) is 18.6 Å². The molecule has 2 aromatic rings. The van der Waals surface area contributed by atoms with E-state index in [1.54, 1.807) is 55.5 Å². The second kappa shape index (κ2) is 7.84. The Labute approximate surface area is 156 Å². The lowest BCUT2D eigenvalue weighted by atomic mass is 10.1. The summed E-state index contributed by atoms with van der Waals surface area (Å²) in [5.74, 6) is -3.55. The van der Waals surface area contributed by atoms with Crippen LogP contribution >= 0.6 is 0 Å². The van der Waals surface area contributed by atoms with Crippen molar-refractivity contribution in [2.24, 2.45) is 0 Å². The molecule has 0 aromatic heterocycles. The molecule has 1 heterocycles. The van der Waals surface area contributed by atoms with Crippen LogP contribution in [0, 0.1) is 0 Å². The van der Waals surface area contributed by atoms with Gasteiger partial charge < -0.3 is 10.6 Å². The third-order valence-electron chi connectivity index (χ3n) is 4.47. The van der Waals surface area contributed by atoms with Crippen LogP contribution in [-0.2, 0) is 4.79 Å². The molecular weight excluding hydrogens is 352 g/mol. The molecule has 27 heavy (non-hydrogen) atoms. The predicted octanol–water partition coefficient (Wildman–Crippen LogP) is 3.11. The lowest BCUT2D eigenvalue weighted by molar-refractivity contribution is -0.124. The maximum Gasteiger partial charge on any atom is 0.262 e. The van der Waals surface area contributed by atoms with E-state index in [2.05, 4.69) is 16.0 Å². The molecule has 2 unspecified atom stereocenters. The molecule has 0 radical (unpaired) electrons. The van der Waals surface area contributed by atoms with Crippen molar-refractivity contribution in [2.75, 3.05) is 11.9 Å². The maximum atomic E-state index is 13.2. The Balaban J connectivity index is 1.62. The van der Waals surface area contributed by atoms with Crippen molar-refractivity contribution in [2.45, 2.75) is 31.4 Å². The van der Waals surface area contributed by atoms with E-state index in [1.165, 1.54) is 0 Å². The molecule has 142 valence electrons. The third kappa shape index (κ3) is 4.89. The van der Waals surface area contributed by atoms with Gasteiger partial charge in [0.1, 0.15) is 0 Å².